The first-order valence-corrected chi connectivity index (χ1v) is 11.2. The number of hydrogen-bond acceptors (Lipinski definition) is 6. The number of aromatic nitrogens is 2. The number of rotatable bonds is 6. The molecule has 0 aliphatic carbocycles. The fraction of sp³-hybridized carbons (Fsp3) is 0.400. The number of pyridine rings is 2. The number of carbonyl (C=O) groups is 1. The van der Waals surface area contributed by atoms with E-state index in [1.165, 1.54) is 0 Å². The summed E-state index contributed by atoms with van der Waals surface area (Å²) in [5.41, 5.74) is 2.80. The monoisotopic (exact) mass is 433 g/mol. The van der Waals surface area contributed by atoms with Crippen LogP contribution >= 0.6 is 0 Å². The summed E-state index contributed by atoms with van der Waals surface area (Å²) in [6.07, 6.45) is 5.94. The molecule has 1 aromatic carbocycles. The van der Waals surface area contributed by atoms with Crippen molar-refractivity contribution in [3.63, 3.8) is 0 Å². The Hall–Kier alpha value is -3.19. The van der Waals surface area contributed by atoms with E-state index >= 15 is 0 Å². The van der Waals surface area contributed by atoms with Crippen molar-refractivity contribution in [3.05, 3.63) is 48.8 Å². The maximum absolute atomic E-state index is 11.6. The first-order valence-electron chi connectivity index (χ1n) is 11.2. The summed E-state index contributed by atoms with van der Waals surface area (Å²) in [6, 6.07) is 11.9. The molecule has 2 aromatic heterocycles. The van der Waals surface area contributed by atoms with Gasteiger partial charge >= 0.3 is 0 Å². The molecule has 4 heterocycles. The Morgan fingerprint density at radius 1 is 1.12 bits per heavy atom. The van der Waals surface area contributed by atoms with E-state index in [1.54, 1.807) is 6.20 Å². The molecule has 2 saturated heterocycles. The number of amides is 1. The minimum absolute atomic E-state index is 0.0832. The highest BCUT2D eigenvalue weighted by molar-refractivity contribution is 5.90. The maximum Gasteiger partial charge on any atom is 0.220 e. The van der Waals surface area contributed by atoms with E-state index in [0.717, 1.165) is 53.8 Å². The van der Waals surface area contributed by atoms with Gasteiger partial charge in [-0.1, -0.05) is 0 Å². The maximum atomic E-state index is 11.6. The van der Waals surface area contributed by atoms with Crippen LogP contribution in [-0.4, -0.2) is 47.8 Å². The average molecular weight is 434 g/mol. The van der Waals surface area contributed by atoms with Crippen molar-refractivity contribution in [2.75, 3.05) is 19.8 Å². The zero-order valence-electron chi connectivity index (χ0n) is 18.1. The van der Waals surface area contributed by atoms with Crippen molar-refractivity contribution in [1.29, 1.82) is 0 Å². The Kier molecular flexibility index (Phi) is 5.90. The minimum Gasteiger partial charge on any atom is -0.490 e. The topological polar surface area (TPSA) is 82.6 Å². The molecule has 2 atom stereocenters. The lowest BCUT2D eigenvalue weighted by molar-refractivity contribution is -0.119. The largest absolute Gasteiger partial charge is 0.490 e. The molecule has 0 spiro atoms. The van der Waals surface area contributed by atoms with Crippen LogP contribution in [0.1, 0.15) is 26.2 Å². The van der Waals surface area contributed by atoms with Crippen LogP contribution in [0.15, 0.2) is 48.8 Å². The van der Waals surface area contributed by atoms with Crippen LogP contribution in [0.4, 0.5) is 0 Å². The van der Waals surface area contributed by atoms with Crippen molar-refractivity contribution >= 4 is 16.8 Å². The van der Waals surface area contributed by atoms with E-state index in [-0.39, 0.29) is 24.0 Å². The number of ether oxygens (including phenoxy) is 3. The van der Waals surface area contributed by atoms with E-state index in [4.69, 9.17) is 14.2 Å². The zero-order valence-corrected chi connectivity index (χ0v) is 18.1. The molecule has 166 valence electrons. The van der Waals surface area contributed by atoms with E-state index in [0.29, 0.717) is 18.8 Å². The van der Waals surface area contributed by atoms with Gasteiger partial charge in [0.25, 0.3) is 0 Å². The Morgan fingerprint density at radius 3 is 2.75 bits per heavy atom. The third kappa shape index (κ3) is 4.53. The van der Waals surface area contributed by atoms with Gasteiger partial charge in [0.15, 0.2) is 0 Å². The van der Waals surface area contributed by atoms with Crippen LogP contribution in [0.5, 0.6) is 11.6 Å². The standard InChI is InChI=1S/C25H27N3O4/c1-16(19-13-24(29)27-15-19)31-23-12-18(11-22-21(23)3-2-8-26-22)17-4-5-25(28-14-17)32-20-6-9-30-10-7-20/h2-5,8,11-12,14,16,19-20H,6-7,9-10,13,15H2,1H3,(H,27,29)/t16-,19?/m1/s1. The normalized spacial score (nSPS) is 20.2. The van der Waals surface area contributed by atoms with Crippen molar-refractivity contribution in [3.8, 4) is 22.8 Å². The number of benzene rings is 1. The fourth-order valence-electron chi connectivity index (χ4n) is 4.25. The minimum atomic E-state index is -0.0963. The van der Waals surface area contributed by atoms with Crippen LogP contribution in [0, 0.1) is 5.92 Å². The molecule has 1 N–H and O–H groups in total. The van der Waals surface area contributed by atoms with Crippen LogP contribution < -0.4 is 14.8 Å². The summed E-state index contributed by atoms with van der Waals surface area (Å²) in [4.78, 5) is 20.7. The lowest BCUT2D eigenvalue weighted by atomic mass is 10.0. The predicted octanol–water partition coefficient (Wildman–Crippen LogP) is 3.76. The summed E-state index contributed by atoms with van der Waals surface area (Å²) in [7, 11) is 0. The van der Waals surface area contributed by atoms with Gasteiger partial charge in [0.2, 0.25) is 11.8 Å². The van der Waals surface area contributed by atoms with Crippen molar-refractivity contribution in [2.24, 2.45) is 5.92 Å². The van der Waals surface area contributed by atoms with Gasteiger partial charge in [0.05, 0.1) is 18.7 Å². The number of hydrogen-bond donors (Lipinski definition) is 1. The quantitative estimate of drug-likeness (QED) is 0.637. The predicted molar refractivity (Wildman–Crippen MR) is 121 cm³/mol. The molecule has 0 bridgehead atoms. The fourth-order valence-corrected chi connectivity index (χ4v) is 4.25. The molecular weight excluding hydrogens is 406 g/mol. The molecule has 0 saturated carbocycles. The summed E-state index contributed by atoms with van der Waals surface area (Å²) in [5.74, 6) is 1.63. The summed E-state index contributed by atoms with van der Waals surface area (Å²) >= 11 is 0. The van der Waals surface area contributed by atoms with Gasteiger partial charge in [-0.05, 0) is 42.8 Å². The molecule has 1 unspecified atom stereocenters. The van der Waals surface area contributed by atoms with Gasteiger partial charge in [0, 0.05) is 61.1 Å². The highest BCUT2D eigenvalue weighted by atomic mass is 16.5. The van der Waals surface area contributed by atoms with Gasteiger partial charge in [-0.15, -0.1) is 0 Å². The SMILES string of the molecule is C[C@@H](Oc1cc(-c2ccc(OC3CCOCC3)nc2)cc2ncccc12)C1CNC(=O)C1. The zero-order chi connectivity index (χ0) is 21.9. The molecule has 7 heteroatoms. The van der Waals surface area contributed by atoms with Gasteiger partial charge in [-0.25, -0.2) is 4.98 Å². The Morgan fingerprint density at radius 2 is 2.00 bits per heavy atom. The summed E-state index contributed by atoms with van der Waals surface area (Å²) < 4.78 is 17.7. The Balaban J connectivity index is 1.39. The van der Waals surface area contributed by atoms with Crippen LogP contribution in [0.25, 0.3) is 22.0 Å². The molecule has 2 fully saturated rings. The summed E-state index contributed by atoms with van der Waals surface area (Å²) in [6.45, 7) is 4.14. The molecular formula is C25H27N3O4. The van der Waals surface area contributed by atoms with Crippen LogP contribution in [0.2, 0.25) is 0 Å². The van der Waals surface area contributed by atoms with E-state index in [9.17, 15) is 4.79 Å². The Bertz CT molecular complexity index is 1100. The van der Waals surface area contributed by atoms with E-state index < -0.39 is 0 Å². The molecule has 7 nitrogen and oxygen atoms in total. The van der Waals surface area contributed by atoms with E-state index in [1.807, 2.05) is 49.5 Å². The van der Waals surface area contributed by atoms with Crippen LogP contribution in [-0.2, 0) is 9.53 Å². The average Bonchev–Trinajstić information content (AvgIpc) is 3.27. The van der Waals surface area contributed by atoms with Crippen LogP contribution in [0.3, 0.4) is 0 Å². The molecule has 2 aliphatic heterocycles. The Labute approximate surface area is 187 Å². The second-order valence-electron chi connectivity index (χ2n) is 8.45. The summed E-state index contributed by atoms with van der Waals surface area (Å²) in [5, 5.41) is 3.84. The number of carbonyl (C=O) groups excluding carboxylic acids is 1. The van der Waals surface area contributed by atoms with Crippen molar-refractivity contribution in [1.82, 2.24) is 15.3 Å². The highest BCUT2D eigenvalue weighted by Gasteiger charge is 2.28. The van der Waals surface area contributed by atoms with Gasteiger partial charge in [-0.2, -0.15) is 0 Å². The number of nitrogens with one attached hydrogen (secondary N) is 1. The first kappa shape index (κ1) is 20.7. The molecule has 0 radical (unpaired) electrons. The third-order valence-electron chi connectivity index (χ3n) is 6.19. The number of nitrogens with zero attached hydrogens (tertiary/aromatic N) is 2. The smallest absolute Gasteiger partial charge is 0.220 e. The second-order valence-corrected chi connectivity index (χ2v) is 8.45. The van der Waals surface area contributed by atoms with Gasteiger partial charge in [0.1, 0.15) is 18.0 Å². The molecule has 3 aromatic rings. The lowest BCUT2D eigenvalue weighted by Crippen LogP contribution is -2.26. The molecule has 2 aliphatic rings. The highest BCUT2D eigenvalue weighted by Crippen LogP contribution is 2.33. The lowest BCUT2D eigenvalue weighted by Gasteiger charge is -2.22. The first-order chi connectivity index (χ1) is 15.7. The third-order valence-corrected chi connectivity index (χ3v) is 6.19. The van der Waals surface area contributed by atoms with Crippen molar-refractivity contribution < 1.29 is 19.0 Å². The van der Waals surface area contributed by atoms with Gasteiger partial charge in [-0.3, -0.25) is 9.78 Å². The molecule has 1 amide bonds. The number of fused-ring (bicyclic) bond motifs is 1. The van der Waals surface area contributed by atoms with E-state index in [2.05, 4.69) is 15.3 Å². The van der Waals surface area contributed by atoms with Gasteiger partial charge < -0.3 is 19.5 Å². The second kappa shape index (κ2) is 9.12. The molecule has 5 rings (SSSR count). The van der Waals surface area contributed by atoms with Crippen molar-refractivity contribution in [2.45, 2.75) is 38.4 Å². The molecule has 32 heavy (non-hydrogen) atoms.